The number of rotatable bonds is 19. The Morgan fingerprint density at radius 2 is 1.51 bits per heavy atom. The second-order valence-electron chi connectivity index (χ2n) is 13.8. The van der Waals surface area contributed by atoms with Gasteiger partial charge in [-0.1, -0.05) is 32.9 Å². The standard InChI is InChI=1S/C36H58N8O9/c1-5-25(39-30(47)19-38)35(51)43-16-7-8-28(43)32(49)41-27(14-11-23-9-12-24(46)13-10-23)31(48)40-26(6-2)36(52)44-20-21(3)18-29(44)33(50)42-34(22(4)45)53-17-15-37/h9-10,12-13,21-22,25-29,34,45-46H,5-8,11,14-20,37-38H2,1-4H3,(H,39,47)(H,40,48)(H,41,49)(H,42,50)/t21-,22-,25?,26?,27?,28?,29?,34?/m1/s1. The number of likely N-dealkylation sites (tertiary alicyclic amines) is 2. The molecule has 10 N–H and O–H groups in total. The minimum Gasteiger partial charge on any atom is -0.508 e. The van der Waals surface area contributed by atoms with Gasteiger partial charge in [0.2, 0.25) is 35.4 Å². The van der Waals surface area contributed by atoms with Gasteiger partial charge in [-0.15, -0.1) is 0 Å². The van der Waals surface area contributed by atoms with Crippen LogP contribution < -0.4 is 32.7 Å². The number of ether oxygens (including phenoxy) is 1. The molecule has 8 atom stereocenters. The molecule has 2 aliphatic rings. The summed E-state index contributed by atoms with van der Waals surface area (Å²) in [5.41, 5.74) is 11.7. The lowest BCUT2D eigenvalue weighted by Gasteiger charge is -2.31. The molecule has 53 heavy (non-hydrogen) atoms. The lowest BCUT2D eigenvalue weighted by atomic mass is 10.0. The van der Waals surface area contributed by atoms with E-state index >= 15 is 0 Å². The summed E-state index contributed by atoms with van der Waals surface area (Å²) in [6.45, 7) is 7.40. The van der Waals surface area contributed by atoms with Gasteiger partial charge in [-0.25, -0.2) is 0 Å². The van der Waals surface area contributed by atoms with Crippen molar-refractivity contribution in [3.63, 3.8) is 0 Å². The minimum atomic E-state index is -1.11. The Labute approximate surface area is 310 Å². The summed E-state index contributed by atoms with van der Waals surface area (Å²) in [6.07, 6.45) is 0.147. The number of nitrogens with zero attached hydrogens (tertiary/aromatic N) is 2. The average Bonchev–Trinajstić information content (AvgIpc) is 3.80. The Kier molecular flexibility index (Phi) is 16.9. The molecule has 2 fully saturated rings. The Balaban J connectivity index is 1.79. The largest absolute Gasteiger partial charge is 0.508 e. The van der Waals surface area contributed by atoms with Gasteiger partial charge in [-0.3, -0.25) is 28.8 Å². The summed E-state index contributed by atoms with van der Waals surface area (Å²) in [4.78, 5) is 83.3. The van der Waals surface area contributed by atoms with Crippen LogP contribution in [-0.4, -0.2) is 131 Å². The number of amides is 6. The molecule has 17 heteroatoms. The first-order valence-electron chi connectivity index (χ1n) is 18.5. The monoisotopic (exact) mass is 746 g/mol. The highest BCUT2D eigenvalue weighted by atomic mass is 16.5. The van der Waals surface area contributed by atoms with Crippen molar-refractivity contribution in [2.75, 3.05) is 32.8 Å². The van der Waals surface area contributed by atoms with Crippen LogP contribution in [0.4, 0.5) is 0 Å². The number of hydrogen-bond donors (Lipinski definition) is 8. The van der Waals surface area contributed by atoms with Crippen LogP contribution in [0.25, 0.3) is 0 Å². The molecule has 17 nitrogen and oxygen atoms in total. The van der Waals surface area contributed by atoms with Crippen molar-refractivity contribution in [3.05, 3.63) is 29.8 Å². The number of nitrogens with two attached hydrogens (primary N) is 2. The zero-order chi connectivity index (χ0) is 39.2. The lowest BCUT2D eigenvalue weighted by molar-refractivity contribution is -0.144. The summed E-state index contributed by atoms with van der Waals surface area (Å²) in [5, 5.41) is 30.7. The van der Waals surface area contributed by atoms with Gasteiger partial charge in [0.15, 0.2) is 6.23 Å². The van der Waals surface area contributed by atoms with E-state index in [4.69, 9.17) is 16.2 Å². The Morgan fingerprint density at radius 1 is 0.887 bits per heavy atom. The van der Waals surface area contributed by atoms with Crippen LogP contribution in [0.15, 0.2) is 24.3 Å². The van der Waals surface area contributed by atoms with Crippen molar-refractivity contribution in [2.45, 2.75) is 115 Å². The van der Waals surface area contributed by atoms with Gasteiger partial charge < -0.3 is 57.5 Å². The zero-order valence-corrected chi connectivity index (χ0v) is 31.2. The van der Waals surface area contributed by atoms with Gasteiger partial charge in [-0.05, 0) is 75.5 Å². The van der Waals surface area contributed by atoms with Crippen LogP contribution in [0.2, 0.25) is 0 Å². The summed E-state index contributed by atoms with van der Waals surface area (Å²) < 4.78 is 5.48. The summed E-state index contributed by atoms with van der Waals surface area (Å²) in [5.74, 6) is -3.00. The first kappa shape index (κ1) is 43.1. The fraction of sp³-hybridized carbons (Fsp3) is 0.667. The predicted octanol–water partition coefficient (Wildman–Crippen LogP) is -1.42. The number of benzene rings is 1. The van der Waals surface area contributed by atoms with Crippen molar-refractivity contribution in [2.24, 2.45) is 17.4 Å². The quantitative estimate of drug-likeness (QED) is 0.0763. The highest BCUT2D eigenvalue weighted by Crippen LogP contribution is 2.25. The van der Waals surface area contributed by atoms with Crippen molar-refractivity contribution in [1.82, 2.24) is 31.1 Å². The number of carbonyl (C=O) groups excluding carboxylic acids is 6. The van der Waals surface area contributed by atoms with E-state index in [-0.39, 0.29) is 50.8 Å². The normalized spacial score (nSPS) is 21.2. The number of aliphatic hydroxyl groups is 1. The molecular weight excluding hydrogens is 688 g/mol. The Bertz CT molecular complexity index is 1410. The van der Waals surface area contributed by atoms with E-state index in [1.807, 2.05) is 6.92 Å². The fourth-order valence-electron chi connectivity index (χ4n) is 6.69. The van der Waals surface area contributed by atoms with Gasteiger partial charge in [-0.2, -0.15) is 0 Å². The third-order valence-electron chi connectivity index (χ3n) is 9.61. The van der Waals surface area contributed by atoms with Crippen molar-refractivity contribution in [3.8, 4) is 5.75 Å². The first-order valence-corrected chi connectivity index (χ1v) is 18.5. The molecule has 6 amide bonds. The van der Waals surface area contributed by atoms with Crippen molar-refractivity contribution < 1.29 is 43.7 Å². The zero-order valence-electron chi connectivity index (χ0n) is 31.2. The Hall–Kier alpha value is -4.32. The molecule has 0 bridgehead atoms. The number of phenolic OH excluding ortho intramolecular Hbond substituents is 1. The fourth-order valence-corrected chi connectivity index (χ4v) is 6.69. The van der Waals surface area contributed by atoms with E-state index in [1.54, 1.807) is 26.0 Å². The van der Waals surface area contributed by atoms with Gasteiger partial charge >= 0.3 is 0 Å². The lowest BCUT2D eigenvalue weighted by Crippen LogP contribution is -2.59. The first-order chi connectivity index (χ1) is 25.2. The molecule has 3 rings (SSSR count). The second-order valence-corrected chi connectivity index (χ2v) is 13.8. The number of aryl methyl sites for hydroxylation is 1. The van der Waals surface area contributed by atoms with Gasteiger partial charge in [0.1, 0.15) is 36.0 Å². The number of nitrogens with one attached hydrogen (secondary N) is 4. The van der Waals surface area contributed by atoms with Crippen LogP contribution >= 0.6 is 0 Å². The maximum Gasteiger partial charge on any atom is 0.245 e. The molecular formula is C36H58N8O9. The molecule has 0 radical (unpaired) electrons. The van der Waals surface area contributed by atoms with Crippen LogP contribution in [0.3, 0.4) is 0 Å². The number of hydrogen-bond acceptors (Lipinski definition) is 11. The number of aromatic hydroxyl groups is 1. The highest BCUT2D eigenvalue weighted by molar-refractivity contribution is 5.97. The van der Waals surface area contributed by atoms with E-state index in [2.05, 4.69) is 21.3 Å². The van der Waals surface area contributed by atoms with E-state index in [1.165, 1.54) is 28.9 Å². The van der Waals surface area contributed by atoms with Crippen molar-refractivity contribution >= 4 is 35.4 Å². The average molecular weight is 747 g/mol. The topological polar surface area (TPSA) is 259 Å². The predicted molar refractivity (Wildman–Crippen MR) is 194 cm³/mol. The number of carbonyl (C=O) groups is 6. The maximum absolute atomic E-state index is 14.0. The molecule has 0 aromatic heterocycles. The van der Waals surface area contributed by atoms with Crippen molar-refractivity contribution in [1.29, 1.82) is 0 Å². The molecule has 0 spiro atoms. The molecule has 0 aliphatic carbocycles. The van der Waals surface area contributed by atoms with Crippen LogP contribution in [-0.2, 0) is 39.9 Å². The third kappa shape index (κ3) is 12.1. The van der Waals surface area contributed by atoms with Crippen LogP contribution in [0, 0.1) is 5.92 Å². The molecule has 0 saturated carbocycles. The van der Waals surface area contributed by atoms with Crippen LogP contribution in [0.1, 0.15) is 71.8 Å². The van der Waals surface area contributed by atoms with Gasteiger partial charge in [0.25, 0.3) is 0 Å². The summed E-state index contributed by atoms with van der Waals surface area (Å²) in [7, 11) is 0. The highest BCUT2D eigenvalue weighted by Gasteiger charge is 2.42. The Morgan fingerprint density at radius 3 is 2.11 bits per heavy atom. The summed E-state index contributed by atoms with van der Waals surface area (Å²) in [6, 6.07) is 1.67. The summed E-state index contributed by atoms with van der Waals surface area (Å²) >= 11 is 0. The molecule has 2 heterocycles. The SMILES string of the molecule is CCC(NC(=O)CN)C(=O)N1CCCC1C(=O)NC(CCc1ccc(O)cc1)C(=O)NC(CC)C(=O)N1C[C@H](C)CC1C(=O)NC(OCCN)[C@@H](C)O. The molecule has 1 aromatic rings. The third-order valence-corrected chi connectivity index (χ3v) is 9.61. The number of aliphatic hydroxyl groups excluding tert-OH is 1. The minimum absolute atomic E-state index is 0.0248. The molecule has 2 aliphatic heterocycles. The molecule has 1 aromatic carbocycles. The number of phenols is 1. The molecule has 296 valence electrons. The van der Waals surface area contributed by atoms with Crippen LogP contribution in [0.5, 0.6) is 5.75 Å². The van der Waals surface area contributed by atoms with E-state index in [0.717, 1.165) is 5.56 Å². The van der Waals surface area contributed by atoms with E-state index in [0.29, 0.717) is 38.6 Å². The molecule has 2 saturated heterocycles. The maximum atomic E-state index is 14.0. The van der Waals surface area contributed by atoms with Gasteiger partial charge in [0.05, 0.1) is 19.3 Å². The van der Waals surface area contributed by atoms with E-state index < -0.39 is 78.0 Å². The molecule has 6 unspecified atom stereocenters. The smallest absolute Gasteiger partial charge is 0.245 e. The van der Waals surface area contributed by atoms with E-state index in [9.17, 15) is 39.0 Å². The van der Waals surface area contributed by atoms with Gasteiger partial charge in [0, 0.05) is 19.6 Å². The second kappa shape index (κ2) is 20.8.